The molecule has 1 aliphatic heterocycles. The van der Waals surface area contributed by atoms with Crippen LogP contribution in [0.5, 0.6) is 11.5 Å². The number of nitrogens with two attached hydrogens (primary N) is 1. The molecule has 0 radical (unpaired) electrons. The van der Waals surface area contributed by atoms with Crippen LogP contribution in [0.2, 0.25) is 0 Å². The topological polar surface area (TPSA) is 81.8 Å². The number of ether oxygens (including phenoxy) is 2. The molecule has 5 heteroatoms. The van der Waals surface area contributed by atoms with Gasteiger partial charge in [0.25, 0.3) is 0 Å². The maximum Gasteiger partial charge on any atom is 0.341 e. The van der Waals surface area contributed by atoms with Gasteiger partial charge in [-0.2, -0.15) is 0 Å². The zero-order valence-electron chi connectivity index (χ0n) is 12.6. The Labute approximate surface area is 125 Å². The van der Waals surface area contributed by atoms with Crippen molar-refractivity contribution in [3.63, 3.8) is 0 Å². The molecule has 1 aromatic carbocycles. The molecule has 0 fully saturated rings. The Balaban J connectivity index is 2.39. The Hall–Kier alpha value is -1.75. The third-order valence-corrected chi connectivity index (χ3v) is 4.31. The molecule has 0 saturated heterocycles. The van der Waals surface area contributed by atoms with Crippen LogP contribution in [0.25, 0.3) is 0 Å². The summed E-state index contributed by atoms with van der Waals surface area (Å²) in [6, 6.07) is 5.58. The van der Waals surface area contributed by atoms with Crippen molar-refractivity contribution in [3.05, 3.63) is 23.8 Å². The van der Waals surface area contributed by atoms with Crippen LogP contribution >= 0.6 is 0 Å². The molecule has 0 saturated carbocycles. The van der Waals surface area contributed by atoms with E-state index in [1.165, 1.54) is 0 Å². The summed E-state index contributed by atoms with van der Waals surface area (Å²) in [4.78, 5) is 10.7. The van der Waals surface area contributed by atoms with E-state index in [0.29, 0.717) is 18.0 Å². The van der Waals surface area contributed by atoms with E-state index in [1.54, 1.807) is 6.07 Å². The molecule has 1 unspecified atom stereocenters. The van der Waals surface area contributed by atoms with Gasteiger partial charge in [-0.25, -0.2) is 4.79 Å². The number of aliphatic carboxylic acids is 1. The summed E-state index contributed by atoms with van der Waals surface area (Å²) in [7, 11) is 0. The van der Waals surface area contributed by atoms with Crippen molar-refractivity contribution in [2.24, 2.45) is 5.73 Å². The number of carbonyl (C=O) groups is 1. The minimum Gasteiger partial charge on any atom is -0.483 e. The van der Waals surface area contributed by atoms with E-state index in [9.17, 15) is 4.79 Å². The maximum absolute atomic E-state index is 10.7. The fourth-order valence-corrected chi connectivity index (χ4v) is 2.93. The molecular weight excluding hydrogens is 270 g/mol. The van der Waals surface area contributed by atoms with Gasteiger partial charge in [0, 0.05) is 11.5 Å². The normalized spacial score (nSPS) is 19.5. The van der Waals surface area contributed by atoms with Gasteiger partial charge in [-0.3, -0.25) is 0 Å². The predicted molar refractivity (Wildman–Crippen MR) is 79.9 cm³/mol. The first kappa shape index (κ1) is 15.6. The minimum absolute atomic E-state index is 0.210. The lowest BCUT2D eigenvalue weighted by atomic mass is 9.79. The number of rotatable bonds is 6. The van der Waals surface area contributed by atoms with Crippen molar-refractivity contribution < 1.29 is 19.4 Å². The summed E-state index contributed by atoms with van der Waals surface area (Å²) >= 11 is 0. The first-order valence-corrected chi connectivity index (χ1v) is 7.41. The van der Waals surface area contributed by atoms with Crippen molar-refractivity contribution >= 4 is 5.97 Å². The highest BCUT2D eigenvalue weighted by atomic mass is 16.5. The second kappa shape index (κ2) is 6.35. The molecular formula is C16H23NO4. The number of para-hydroxylation sites is 1. The van der Waals surface area contributed by atoms with Gasteiger partial charge in [-0.1, -0.05) is 26.0 Å². The van der Waals surface area contributed by atoms with Gasteiger partial charge in [0.05, 0.1) is 0 Å². The Morgan fingerprint density at radius 2 is 2.19 bits per heavy atom. The molecule has 0 amide bonds. The summed E-state index contributed by atoms with van der Waals surface area (Å²) in [5.74, 6) is 0.349. The predicted octanol–water partition coefficient (Wildman–Crippen LogP) is 2.53. The van der Waals surface area contributed by atoms with Gasteiger partial charge in [0.15, 0.2) is 18.1 Å². The molecule has 1 atom stereocenters. The maximum atomic E-state index is 10.7. The zero-order valence-corrected chi connectivity index (χ0v) is 12.6. The van der Waals surface area contributed by atoms with Crippen molar-refractivity contribution in [3.8, 4) is 11.5 Å². The first-order chi connectivity index (χ1) is 10.0. The standard InChI is InChI=1S/C16H23NO4/c1-3-16(4-2)8-11(9-17)12-6-5-7-13(15(12)21-16)20-10-14(18)19/h5-7,11H,3-4,8-10,17H2,1-2H3,(H,18,19). The molecule has 1 heterocycles. The number of hydrogen-bond acceptors (Lipinski definition) is 4. The van der Waals surface area contributed by atoms with Crippen LogP contribution in [0.4, 0.5) is 0 Å². The molecule has 3 N–H and O–H groups in total. The van der Waals surface area contributed by atoms with E-state index in [-0.39, 0.29) is 18.1 Å². The fraction of sp³-hybridized carbons (Fsp3) is 0.562. The van der Waals surface area contributed by atoms with Crippen LogP contribution in [0.3, 0.4) is 0 Å². The third kappa shape index (κ3) is 3.13. The van der Waals surface area contributed by atoms with Crippen LogP contribution in [0, 0.1) is 0 Å². The molecule has 116 valence electrons. The Bertz CT molecular complexity index is 511. The number of carboxylic acid groups (broad SMARTS) is 1. The summed E-state index contributed by atoms with van der Waals surface area (Å²) in [6.45, 7) is 4.37. The average molecular weight is 293 g/mol. The van der Waals surface area contributed by atoms with Crippen LogP contribution in [-0.2, 0) is 4.79 Å². The van der Waals surface area contributed by atoms with Gasteiger partial charge in [-0.05, 0) is 31.9 Å². The van der Waals surface area contributed by atoms with Crippen molar-refractivity contribution in [1.82, 2.24) is 0 Å². The molecule has 21 heavy (non-hydrogen) atoms. The Morgan fingerprint density at radius 3 is 2.76 bits per heavy atom. The van der Waals surface area contributed by atoms with Crippen molar-refractivity contribution in [2.75, 3.05) is 13.2 Å². The van der Waals surface area contributed by atoms with Gasteiger partial charge >= 0.3 is 5.97 Å². The second-order valence-corrected chi connectivity index (χ2v) is 5.49. The molecule has 1 aromatic rings. The average Bonchev–Trinajstić information content (AvgIpc) is 2.51. The monoisotopic (exact) mass is 293 g/mol. The van der Waals surface area contributed by atoms with E-state index >= 15 is 0 Å². The molecule has 1 aliphatic rings. The Morgan fingerprint density at radius 1 is 1.48 bits per heavy atom. The van der Waals surface area contributed by atoms with Crippen LogP contribution in [0.15, 0.2) is 18.2 Å². The SMILES string of the molecule is CCC1(CC)CC(CN)c2cccc(OCC(=O)O)c2O1. The zero-order chi connectivity index (χ0) is 15.5. The molecule has 2 rings (SSSR count). The lowest BCUT2D eigenvalue weighted by molar-refractivity contribution is -0.139. The largest absolute Gasteiger partial charge is 0.483 e. The lowest BCUT2D eigenvalue weighted by Crippen LogP contribution is -2.41. The summed E-state index contributed by atoms with van der Waals surface area (Å²) in [5.41, 5.74) is 6.69. The molecule has 0 aromatic heterocycles. The van der Waals surface area contributed by atoms with Gasteiger partial charge in [0.2, 0.25) is 0 Å². The first-order valence-electron chi connectivity index (χ1n) is 7.41. The van der Waals surface area contributed by atoms with E-state index in [1.807, 2.05) is 12.1 Å². The lowest BCUT2D eigenvalue weighted by Gasteiger charge is -2.41. The summed E-state index contributed by atoms with van der Waals surface area (Å²) in [5, 5.41) is 8.79. The highest BCUT2D eigenvalue weighted by Gasteiger charge is 2.39. The molecule has 5 nitrogen and oxygen atoms in total. The summed E-state index contributed by atoms with van der Waals surface area (Å²) < 4.78 is 11.6. The van der Waals surface area contributed by atoms with E-state index < -0.39 is 5.97 Å². The minimum atomic E-state index is -1.00. The van der Waals surface area contributed by atoms with Gasteiger partial charge in [0.1, 0.15) is 5.60 Å². The number of benzene rings is 1. The second-order valence-electron chi connectivity index (χ2n) is 5.49. The van der Waals surface area contributed by atoms with E-state index in [2.05, 4.69) is 13.8 Å². The van der Waals surface area contributed by atoms with Crippen LogP contribution in [0.1, 0.15) is 44.6 Å². The number of hydrogen-bond donors (Lipinski definition) is 2. The van der Waals surface area contributed by atoms with Gasteiger partial charge in [-0.15, -0.1) is 0 Å². The quantitative estimate of drug-likeness (QED) is 0.842. The molecule has 0 bridgehead atoms. The molecule has 0 spiro atoms. The third-order valence-electron chi connectivity index (χ3n) is 4.31. The van der Waals surface area contributed by atoms with Crippen LogP contribution in [-0.4, -0.2) is 29.8 Å². The number of fused-ring (bicyclic) bond motifs is 1. The van der Waals surface area contributed by atoms with E-state index in [0.717, 1.165) is 24.8 Å². The van der Waals surface area contributed by atoms with Crippen LogP contribution < -0.4 is 15.2 Å². The number of carboxylic acids is 1. The summed E-state index contributed by atoms with van der Waals surface area (Å²) in [6.07, 6.45) is 2.64. The van der Waals surface area contributed by atoms with Gasteiger partial charge < -0.3 is 20.3 Å². The van der Waals surface area contributed by atoms with Crippen molar-refractivity contribution in [1.29, 1.82) is 0 Å². The highest BCUT2D eigenvalue weighted by molar-refractivity contribution is 5.68. The molecule has 0 aliphatic carbocycles. The smallest absolute Gasteiger partial charge is 0.341 e. The van der Waals surface area contributed by atoms with Crippen molar-refractivity contribution in [2.45, 2.75) is 44.6 Å². The highest BCUT2D eigenvalue weighted by Crippen LogP contribution is 2.47. The Kier molecular flexibility index (Phi) is 4.73. The van der Waals surface area contributed by atoms with E-state index in [4.69, 9.17) is 20.3 Å². The fourth-order valence-electron chi connectivity index (χ4n) is 2.93.